The molecule has 1 rings (SSSR count). The molecular formula is C21H36N4O3S. The molecule has 0 atom stereocenters. The van der Waals surface area contributed by atoms with E-state index in [-0.39, 0.29) is 12.3 Å². The minimum Gasteiger partial charge on any atom is -0.356 e. The zero-order valence-electron chi connectivity index (χ0n) is 17.3. The second kappa shape index (κ2) is 18.4. The van der Waals surface area contributed by atoms with Crippen LogP contribution in [0.5, 0.6) is 0 Å². The van der Waals surface area contributed by atoms with Crippen LogP contribution < -0.4 is 21.4 Å². The Morgan fingerprint density at radius 1 is 0.759 bits per heavy atom. The van der Waals surface area contributed by atoms with Crippen molar-refractivity contribution >= 4 is 23.6 Å². The number of benzene rings is 1. The lowest BCUT2D eigenvalue weighted by Crippen LogP contribution is -2.27. The summed E-state index contributed by atoms with van der Waals surface area (Å²) in [6.45, 7) is 4.65. The molecule has 0 aliphatic carbocycles. The van der Waals surface area contributed by atoms with E-state index in [1.54, 1.807) is 5.48 Å². The lowest BCUT2D eigenvalue weighted by atomic mass is 10.2. The van der Waals surface area contributed by atoms with Crippen LogP contribution in [0.25, 0.3) is 0 Å². The molecule has 29 heavy (non-hydrogen) atoms. The molecule has 0 unspecified atom stereocenters. The number of hydrogen-bond donors (Lipinski definition) is 5. The van der Waals surface area contributed by atoms with Crippen molar-refractivity contribution < 1.29 is 14.8 Å². The molecule has 0 bridgehead atoms. The van der Waals surface area contributed by atoms with E-state index >= 15 is 0 Å². The molecule has 0 spiro atoms. The summed E-state index contributed by atoms with van der Waals surface area (Å²) in [6, 6.07) is 10.5. The molecule has 2 amide bonds. The molecule has 0 saturated carbocycles. The van der Waals surface area contributed by atoms with Gasteiger partial charge >= 0.3 is 0 Å². The van der Waals surface area contributed by atoms with Gasteiger partial charge in [0.1, 0.15) is 0 Å². The quantitative estimate of drug-likeness (QED) is 0.107. The summed E-state index contributed by atoms with van der Waals surface area (Å²) in [5, 5.41) is 18.1. The third-order valence-corrected chi connectivity index (χ3v) is 5.30. The van der Waals surface area contributed by atoms with Gasteiger partial charge in [-0.3, -0.25) is 14.8 Å². The summed E-state index contributed by atoms with van der Waals surface area (Å²) in [5.41, 5.74) is 1.59. The van der Waals surface area contributed by atoms with Gasteiger partial charge in [0, 0.05) is 36.6 Å². The molecule has 1 aromatic rings. The third kappa shape index (κ3) is 15.9. The molecule has 5 N–H and O–H groups in total. The molecule has 1 aromatic carbocycles. The molecule has 0 fully saturated rings. The van der Waals surface area contributed by atoms with E-state index < -0.39 is 5.91 Å². The van der Waals surface area contributed by atoms with Gasteiger partial charge < -0.3 is 16.0 Å². The summed E-state index contributed by atoms with van der Waals surface area (Å²) in [5.74, 6) is 0.701. The molecule has 0 heterocycles. The molecular weight excluding hydrogens is 388 g/mol. The van der Waals surface area contributed by atoms with Crippen LogP contribution in [0.1, 0.15) is 44.9 Å². The van der Waals surface area contributed by atoms with Crippen LogP contribution in [-0.2, 0) is 9.59 Å². The Labute approximate surface area is 178 Å². The standard InChI is InChI=1S/C21H36N4O3S/c26-20(11-4-5-12-21(27)25-28)24-16-8-15-22-13-6-7-14-23-17-18-29-19-9-2-1-3-10-19/h1-3,9-10,22-23,28H,4-8,11-18H2,(H,24,26)(H,25,27). The largest absolute Gasteiger partial charge is 0.356 e. The van der Waals surface area contributed by atoms with Gasteiger partial charge in [-0.25, -0.2) is 5.48 Å². The average Bonchev–Trinajstić information content (AvgIpc) is 2.75. The Morgan fingerprint density at radius 3 is 2.07 bits per heavy atom. The maximum Gasteiger partial charge on any atom is 0.243 e. The van der Waals surface area contributed by atoms with E-state index in [2.05, 4.69) is 40.2 Å². The van der Waals surface area contributed by atoms with Gasteiger partial charge in [-0.2, -0.15) is 0 Å². The normalized spacial score (nSPS) is 10.7. The number of rotatable bonds is 18. The Morgan fingerprint density at radius 2 is 1.38 bits per heavy atom. The molecule has 0 aromatic heterocycles. The van der Waals surface area contributed by atoms with Crippen molar-refractivity contribution in [3.8, 4) is 0 Å². The minimum absolute atomic E-state index is 0.0194. The first-order valence-corrected chi connectivity index (χ1v) is 11.5. The second-order valence-corrected chi connectivity index (χ2v) is 7.98. The van der Waals surface area contributed by atoms with Crippen LogP contribution in [0.15, 0.2) is 35.2 Å². The molecule has 0 aliphatic heterocycles. The Bertz CT molecular complexity index is 546. The maximum atomic E-state index is 11.6. The lowest BCUT2D eigenvalue weighted by Gasteiger charge is -2.07. The van der Waals surface area contributed by atoms with Crippen LogP contribution in [0.2, 0.25) is 0 Å². The van der Waals surface area contributed by atoms with E-state index in [4.69, 9.17) is 5.21 Å². The van der Waals surface area contributed by atoms with Crippen LogP contribution in [0.3, 0.4) is 0 Å². The number of amides is 2. The van der Waals surface area contributed by atoms with Crippen molar-refractivity contribution in [1.29, 1.82) is 0 Å². The fourth-order valence-corrected chi connectivity index (χ4v) is 3.50. The highest BCUT2D eigenvalue weighted by molar-refractivity contribution is 7.99. The zero-order chi connectivity index (χ0) is 21.0. The van der Waals surface area contributed by atoms with Crippen molar-refractivity contribution in [3.05, 3.63) is 30.3 Å². The smallest absolute Gasteiger partial charge is 0.243 e. The van der Waals surface area contributed by atoms with Gasteiger partial charge in [-0.1, -0.05) is 18.2 Å². The summed E-state index contributed by atoms with van der Waals surface area (Å²) in [6.07, 6.45) is 5.13. The van der Waals surface area contributed by atoms with Gasteiger partial charge in [-0.05, 0) is 63.9 Å². The van der Waals surface area contributed by atoms with Gasteiger partial charge in [0.2, 0.25) is 11.8 Å². The molecule has 8 heteroatoms. The van der Waals surface area contributed by atoms with Crippen molar-refractivity contribution in [2.45, 2.75) is 49.8 Å². The van der Waals surface area contributed by atoms with E-state index in [1.807, 2.05) is 17.8 Å². The molecule has 0 aliphatic rings. The first kappa shape index (κ1) is 25.4. The first-order valence-electron chi connectivity index (χ1n) is 10.5. The van der Waals surface area contributed by atoms with E-state index in [0.717, 1.165) is 51.2 Å². The molecule has 7 nitrogen and oxygen atoms in total. The minimum atomic E-state index is -0.408. The fourth-order valence-electron chi connectivity index (χ4n) is 2.66. The van der Waals surface area contributed by atoms with Gasteiger partial charge in [-0.15, -0.1) is 11.8 Å². The fraction of sp³-hybridized carbons (Fsp3) is 0.619. The highest BCUT2D eigenvalue weighted by atomic mass is 32.2. The zero-order valence-corrected chi connectivity index (χ0v) is 18.1. The monoisotopic (exact) mass is 424 g/mol. The topological polar surface area (TPSA) is 102 Å². The number of carbonyl (C=O) groups excluding carboxylic acids is 2. The van der Waals surface area contributed by atoms with Crippen LogP contribution in [0.4, 0.5) is 0 Å². The Kier molecular flexibility index (Phi) is 16.2. The SMILES string of the molecule is O=C(CCCCC(=O)NCCCNCCCCNCCSc1ccccc1)NO. The maximum absolute atomic E-state index is 11.6. The number of unbranched alkanes of at least 4 members (excludes halogenated alkanes) is 2. The predicted octanol–water partition coefficient (Wildman–Crippen LogP) is 2.31. The first-order chi connectivity index (χ1) is 14.2. The highest BCUT2D eigenvalue weighted by Gasteiger charge is 2.03. The van der Waals surface area contributed by atoms with Crippen molar-refractivity contribution in [3.63, 3.8) is 0 Å². The summed E-state index contributed by atoms with van der Waals surface area (Å²) in [4.78, 5) is 23.8. The van der Waals surface area contributed by atoms with Gasteiger partial charge in [0.05, 0.1) is 0 Å². The van der Waals surface area contributed by atoms with Crippen molar-refractivity contribution in [1.82, 2.24) is 21.4 Å². The number of hydrogen-bond acceptors (Lipinski definition) is 6. The lowest BCUT2D eigenvalue weighted by molar-refractivity contribution is -0.129. The number of nitrogens with one attached hydrogen (secondary N) is 4. The van der Waals surface area contributed by atoms with Crippen LogP contribution in [0, 0.1) is 0 Å². The average molecular weight is 425 g/mol. The molecule has 0 radical (unpaired) electrons. The third-order valence-electron chi connectivity index (χ3n) is 4.28. The number of thioether (sulfide) groups is 1. The Hall–Kier alpha value is -1.61. The molecule has 164 valence electrons. The van der Waals surface area contributed by atoms with Crippen molar-refractivity contribution in [2.75, 3.05) is 38.5 Å². The van der Waals surface area contributed by atoms with E-state index in [0.29, 0.717) is 25.8 Å². The van der Waals surface area contributed by atoms with Gasteiger partial charge in [0.25, 0.3) is 0 Å². The van der Waals surface area contributed by atoms with Crippen LogP contribution >= 0.6 is 11.8 Å². The van der Waals surface area contributed by atoms with Crippen LogP contribution in [-0.4, -0.2) is 55.5 Å². The van der Waals surface area contributed by atoms with Crippen molar-refractivity contribution in [2.24, 2.45) is 0 Å². The van der Waals surface area contributed by atoms with E-state index in [9.17, 15) is 9.59 Å². The number of carbonyl (C=O) groups is 2. The van der Waals surface area contributed by atoms with Gasteiger partial charge in [0.15, 0.2) is 0 Å². The second-order valence-electron chi connectivity index (χ2n) is 6.81. The predicted molar refractivity (Wildman–Crippen MR) is 118 cm³/mol. The van der Waals surface area contributed by atoms with E-state index in [1.165, 1.54) is 4.90 Å². The summed E-state index contributed by atoms with van der Waals surface area (Å²) < 4.78 is 0. The highest BCUT2D eigenvalue weighted by Crippen LogP contribution is 2.15. The Balaban J connectivity index is 1.76. The molecule has 0 saturated heterocycles. The summed E-state index contributed by atoms with van der Waals surface area (Å²) in [7, 11) is 0. The number of hydroxylamine groups is 1. The summed E-state index contributed by atoms with van der Waals surface area (Å²) >= 11 is 1.88.